The minimum atomic E-state index is -1.20. The van der Waals surface area contributed by atoms with Gasteiger partial charge in [-0.2, -0.15) is 5.10 Å². The topological polar surface area (TPSA) is 192 Å². The highest BCUT2D eigenvalue weighted by atomic mass is 127. The van der Waals surface area contributed by atoms with Crippen molar-refractivity contribution < 1.29 is 43.3 Å². The molecule has 15 nitrogen and oxygen atoms in total. The minimum Gasteiger partial charge on any atom is -0.493 e. The maximum Gasteiger partial charge on any atom is 0.337 e. The Labute approximate surface area is 289 Å². The van der Waals surface area contributed by atoms with E-state index in [0.717, 1.165) is 0 Å². The molecule has 0 saturated heterocycles. The van der Waals surface area contributed by atoms with Gasteiger partial charge >= 0.3 is 12.0 Å². The number of non-ortho nitro benzene ring substituents is 1. The van der Waals surface area contributed by atoms with E-state index >= 15 is 0 Å². The predicted octanol–water partition coefficient (Wildman–Crippen LogP) is 4.31. The first-order valence-corrected chi connectivity index (χ1v) is 15.6. The molecule has 0 aromatic heterocycles. The highest BCUT2D eigenvalue weighted by Crippen LogP contribution is 2.36. The first kappa shape index (κ1) is 35.7. The highest BCUT2D eigenvalue weighted by Gasteiger charge is 2.32. The Morgan fingerprint density at radius 3 is 2.62 bits per heavy atom. The molecule has 4 N–H and O–H groups in total. The Hall–Kier alpha value is -5.10. The van der Waals surface area contributed by atoms with E-state index in [-0.39, 0.29) is 24.5 Å². The number of nitrogens with one attached hydrogen (secondary N) is 3. The molecule has 0 aliphatic carbocycles. The number of halogens is 1. The summed E-state index contributed by atoms with van der Waals surface area (Å²) in [5.74, 6) is 0.974. The molecule has 0 saturated carbocycles. The number of nitrogens with zero attached hydrogens (tertiary/aromatic N) is 2. The standard InChI is InChI=1S/C32H34IN5O10/c1-5-46-25-14-21(29-28(31(40)45-4)18(2)35-32(41)36-29)9-10-24(25)47-17-27(39)37-34-15-20-12-23(33)30(26(13-20)44-3)48-16-19-7-6-8-22(11-19)38(42)43/h6-15,27,29,37,39H,5,16-17H2,1-4H3,(H2,35,36,41)/b34-15-/t27-,29+/m1/s1. The van der Waals surface area contributed by atoms with Crippen LogP contribution in [0.25, 0.3) is 0 Å². The number of nitro groups is 1. The first-order valence-electron chi connectivity index (χ1n) is 14.5. The zero-order valence-electron chi connectivity index (χ0n) is 26.4. The summed E-state index contributed by atoms with van der Waals surface area (Å²) in [6.07, 6.45) is 0.287. The number of hydrazone groups is 1. The predicted molar refractivity (Wildman–Crippen MR) is 182 cm³/mol. The van der Waals surface area contributed by atoms with Crippen LogP contribution in [0.15, 0.2) is 71.0 Å². The van der Waals surface area contributed by atoms with E-state index in [2.05, 4.69) is 43.8 Å². The number of rotatable bonds is 15. The van der Waals surface area contributed by atoms with Crippen molar-refractivity contribution in [3.05, 3.63) is 96.2 Å². The summed E-state index contributed by atoms with van der Waals surface area (Å²) in [6, 6.07) is 13.4. The van der Waals surface area contributed by atoms with Crippen LogP contribution in [0.2, 0.25) is 0 Å². The van der Waals surface area contributed by atoms with Gasteiger partial charge in [-0.05, 0) is 77.4 Å². The molecule has 0 spiro atoms. The van der Waals surface area contributed by atoms with Crippen LogP contribution in [-0.4, -0.2) is 61.9 Å². The maximum absolute atomic E-state index is 12.5. The van der Waals surface area contributed by atoms with E-state index in [1.54, 1.807) is 56.3 Å². The molecular formula is C32H34IN5O10. The first-order chi connectivity index (χ1) is 23.0. The summed E-state index contributed by atoms with van der Waals surface area (Å²) in [5, 5.41) is 31.0. The van der Waals surface area contributed by atoms with Crippen molar-refractivity contribution in [2.45, 2.75) is 32.7 Å². The number of carbonyl (C=O) groups excluding carboxylic acids is 2. The van der Waals surface area contributed by atoms with Gasteiger partial charge in [-0.25, -0.2) is 9.59 Å². The number of urea groups is 1. The van der Waals surface area contributed by atoms with Crippen molar-refractivity contribution in [1.29, 1.82) is 0 Å². The van der Waals surface area contributed by atoms with Crippen molar-refractivity contribution in [3.8, 4) is 23.0 Å². The number of aliphatic hydroxyl groups excluding tert-OH is 1. The average Bonchev–Trinajstić information content (AvgIpc) is 3.06. The minimum absolute atomic E-state index is 0.0239. The molecule has 2 atom stereocenters. The molecule has 2 amide bonds. The van der Waals surface area contributed by atoms with Gasteiger partial charge in [-0.15, -0.1) is 0 Å². The Balaban J connectivity index is 1.39. The van der Waals surface area contributed by atoms with E-state index in [0.29, 0.717) is 55.6 Å². The van der Waals surface area contributed by atoms with Crippen LogP contribution < -0.4 is 35.0 Å². The zero-order chi connectivity index (χ0) is 34.8. The lowest BCUT2D eigenvalue weighted by atomic mass is 9.95. The van der Waals surface area contributed by atoms with Crippen molar-refractivity contribution in [1.82, 2.24) is 16.1 Å². The highest BCUT2D eigenvalue weighted by molar-refractivity contribution is 14.1. The number of allylic oxidation sites excluding steroid dienone is 1. The van der Waals surface area contributed by atoms with Gasteiger partial charge in [0.15, 0.2) is 29.2 Å². The quantitative estimate of drug-likeness (QED) is 0.0430. The number of benzene rings is 3. The zero-order valence-corrected chi connectivity index (χ0v) is 28.6. The fraction of sp³-hybridized carbons (Fsp3) is 0.281. The molecule has 0 fully saturated rings. The van der Waals surface area contributed by atoms with Crippen molar-refractivity contribution in [3.63, 3.8) is 0 Å². The summed E-state index contributed by atoms with van der Waals surface area (Å²) in [5.41, 5.74) is 5.05. The number of esters is 1. The van der Waals surface area contributed by atoms with Crippen molar-refractivity contribution in [2.75, 3.05) is 27.4 Å². The third-order valence-electron chi connectivity index (χ3n) is 6.87. The van der Waals surface area contributed by atoms with Gasteiger partial charge in [-0.3, -0.25) is 15.5 Å². The number of nitro benzene ring substituents is 1. The van der Waals surface area contributed by atoms with E-state index in [1.807, 2.05) is 0 Å². The lowest BCUT2D eigenvalue weighted by Gasteiger charge is -2.28. The third kappa shape index (κ3) is 9.03. The number of hydrogen-bond donors (Lipinski definition) is 4. The number of amides is 2. The molecule has 3 aromatic rings. The largest absolute Gasteiger partial charge is 0.493 e. The lowest BCUT2D eigenvalue weighted by molar-refractivity contribution is -0.384. The number of aliphatic hydroxyl groups is 1. The molecule has 0 bridgehead atoms. The van der Waals surface area contributed by atoms with Crippen LogP contribution in [0.4, 0.5) is 10.5 Å². The van der Waals surface area contributed by atoms with E-state index < -0.39 is 29.2 Å². The van der Waals surface area contributed by atoms with E-state index in [4.69, 9.17) is 23.7 Å². The molecule has 48 heavy (non-hydrogen) atoms. The fourth-order valence-electron chi connectivity index (χ4n) is 4.69. The monoisotopic (exact) mass is 775 g/mol. The fourth-order valence-corrected chi connectivity index (χ4v) is 5.47. The summed E-state index contributed by atoms with van der Waals surface area (Å²) in [7, 11) is 2.76. The summed E-state index contributed by atoms with van der Waals surface area (Å²) < 4.78 is 28.6. The normalized spacial score (nSPS) is 14.9. The number of ether oxygens (including phenoxy) is 5. The van der Waals surface area contributed by atoms with Crippen LogP contribution in [-0.2, 0) is 16.1 Å². The summed E-state index contributed by atoms with van der Waals surface area (Å²) in [6.45, 7) is 3.62. The lowest BCUT2D eigenvalue weighted by Crippen LogP contribution is -2.45. The molecule has 0 unspecified atom stereocenters. The summed E-state index contributed by atoms with van der Waals surface area (Å²) >= 11 is 2.09. The van der Waals surface area contributed by atoms with Gasteiger partial charge in [0, 0.05) is 17.8 Å². The average molecular weight is 776 g/mol. The molecule has 1 aliphatic rings. The van der Waals surface area contributed by atoms with Gasteiger partial charge in [-0.1, -0.05) is 18.2 Å². The van der Waals surface area contributed by atoms with E-state index in [1.165, 1.54) is 32.6 Å². The Kier molecular flexibility index (Phi) is 12.4. The van der Waals surface area contributed by atoms with Crippen molar-refractivity contribution in [2.24, 2.45) is 5.10 Å². The Morgan fingerprint density at radius 2 is 1.92 bits per heavy atom. The second kappa shape index (κ2) is 16.6. The smallest absolute Gasteiger partial charge is 0.337 e. The number of methoxy groups -OCH3 is 2. The Bertz CT molecular complexity index is 1730. The van der Waals surface area contributed by atoms with Gasteiger partial charge < -0.3 is 39.4 Å². The van der Waals surface area contributed by atoms with Crippen LogP contribution in [0.1, 0.15) is 36.6 Å². The molecule has 3 aromatic carbocycles. The van der Waals surface area contributed by atoms with Crippen LogP contribution >= 0.6 is 22.6 Å². The Morgan fingerprint density at radius 1 is 1.12 bits per heavy atom. The second-order valence-electron chi connectivity index (χ2n) is 10.2. The van der Waals surface area contributed by atoms with Gasteiger partial charge in [0.25, 0.3) is 5.69 Å². The molecule has 254 valence electrons. The maximum atomic E-state index is 12.5. The second-order valence-corrected chi connectivity index (χ2v) is 11.3. The van der Waals surface area contributed by atoms with E-state index in [9.17, 15) is 24.8 Å². The number of carbonyl (C=O) groups is 2. The molecule has 1 aliphatic heterocycles. The van der Waals surface area contributed by atoms with Crippen LogP contribution in [0.3, 0.4) is 0 Å². The van der Waals surface area contributed by atoms with Crippen LogP contribution in [0, 0.1) is 13.7 Å². The van der Waals surface area contributed by atoms with Gasteiger partial charge in [0.1, 0.15) is 13.2 Å². The van der Waals surface area contributed by atoms with Crippen molar-refractivity contribution >= 4 is 46.5 Å². The molecule has 1 heterocycles. The molecular weight excluding hydrogens is 741 g/mol. The molecule has 4 rings (SSSR count). The van der Waals surface area contributed by atoms with Crippen LogP contribution in [0.5, 0.6) is 23.0 Å². The molecule has 16 heteroatoms. The van der Waals surface area contributed by atoms with Gasteiger partial charge in [0.2, 0.25) is 0 Å². The van der Waals surface area contributed by atoms with Gasteiger partial charge in [0.05, 0.1) is 47.1 Å². The summed E-state index contributed by atoms with van der Waals surface area (Å²) in [4.78, 5) is 35.2. The number of hydrogen-bond acceptors (Lipinski definition) is 12. The SMILES string of the molecule is CCOc1cc([C@@H]2NC(=O)NC(C)=C2C(=O)OC)ccc1OC[C@@H](O)N/N=C\c1cc(I)c(OCc2cccc([N+](=O)[O-])c2)c(OC)c1. The third-order valence-corrected chi connectivity index (χ3v) is 7.67. The molecule has 0 radical (unpaired) electrons.